The third-order valence-corrected chi connectivity index (χ3v) is 1.42. The van der Waals surface area contributed by atoms with Crippen LogP contribution in [0.3, 0.4) is 0 Å². The summed E-state index contributed by atoms with van der Waals surface area (Å²) in [5.74, 6) is -0.572. The van der Waals surface area contributed by atoms with Crippen molar-refractivity contribution < 1.29 is 9.59 Å². The molecule has 5 nitrogen and oxygen atoms in total. The molecule has 0 saturated carbocycles. The molecule has 0 rings (SSSR count). The third kappa shape index (κ3) is 7.27. The molecule has 13 heavy (non-hydrogen) atoms. The van der Waals surface area contributed by atoms with E-state index >= 15 is 0 Å². The molecular formula is C8H17N3O2. The Morgan fingerprint density at radius 3 is 2.23 bits per heavy atom. The van der Waals surface area contributed by atoms with Gasteiger partial charge in [-0.1, -0.05) is 0 Å². The summed E-state index contributed by atoms with van der Waals surface area (Å²) in [6.45, 7) is 3.47. The van der Waals surface area contributed by atoms with Crippen LogP contribution in [-0.2, 0) is 9.59 Å². The van der Waals surface area contributed by atoms with E-state index in [0.29, 0.717) is 0 Å². The van der Waals surface area contributed by atoms with Crippen molar-refractivity contribution in [2.75, 3.05) is 0 Å². The van der Waals surface area contributed by atoms with Gasteiger partial charge in [-0.15, -0.1) is 0 Å². The summed E-state index contributed by atoms with van der Waals surface area (Å²) in [5.41, 5.74) is 10.4. The molecular weight excluding hydrogens is 170 g/mol. The van der Waals surface area contributed by atoms with E-state index in [1.165, 1.54) is 0 Å². The summed E-state index contributed by atoms with van der Waals surface area (Å²) in [6.07, 6.45) is 0.424. The second-order valence-corrected chi connectivity index (χ2v) is 3.32. The van der Waals surface area contributed by atoms with E-state index in [9.17, 15) is 9.59 Å². The van der Waals surface area contributed by atoms with Gasteiger partial charge in [0.1, 0.15) is 0 Å². The van der Waals surface area contributed by atoms with Crippen molar-refractivity contribution in [3.05, 3.63) is 0 Å². The fraction of sp³-hybridized carbons (Fsp3) is 0.750. The fourth-order valence-electron chi connectivity index (χ4n) is 0.979. The van der Waals surface area contributed by atoms with E-state index in [1.807, 2.05) is 0 Å². The van der Waals surface area contributed by atoms with Crippen LogP contribution in [-0.4, -0.2) is 23.9 Å². The zero-order chi connectivity index (χ0) is 10.4. The number of rotatable bonds is 5. The average molecular weight is 187 g/mol. The maximum Gasteiger partial charge on any atom is 0.221 e. The fourth-order valence-corrected chi connectivity index (χ4v) is 0.979. The Bertz CT molecular complexity index is 192. The lowest BCUT2D eigenvalue weighted by molar-refractivity contribution is -0.122. The monoisotopic (exact) mass is 187 g/mol. The van der Waals surface area contributed by atoms with Crippen LogP contribution in [0.15, 0.2) is 0 Å². The van der Waals surface area contributed by atoms with Crippen LogP contribution in [0.2, 0.25) is 0 Å². The van der Waals surface area contributed by atoms with Crippen LogP contribution >= 0.6 is 0 Å². The summed E-state index contributed by atoms with van der Waals surface area (Å²) >= 11 is 0. The lowest BCUT2D eigenvalue weighted by Gasteiger charge is -2.12. The minimum atomic E-state index is -0.423. The van der Waals surface area contributed by atoms with E-state index in [2.05, 4.69) is 5.32 Å². The second kappa shape index (κ2) is 5.53. The van der Waals surface area contributed by atoms with E-state index < -0.39 is 5.91 Å². The number of carbonyl (C=O) groups is 2. The summed E-state index contributed by atoms with van der Waals surface area (Å²) < 4.78 is 0. The van der Waals surface area contributed by atoms with E-state index in [-0.39, 0.29) is 30.8 Å². The minimum Gasteiger partial charge on any atom is -0.370 e. The Kier molecular flexibility index (Phi) is 5.06. The molecule has 2 unspecified atom stereocenters. The van der Waals surface area contributed by atoms with Crippen molar-refractivity contribution in [2.45, 2.75) is 38.8 Å². The Labute approximate surface area is 77.8 Å². The highest BCUT2D eigenvalue weighted by Crippen LogP contribution is 1.92. The maximum atomic E-state index is 11.1. The largest absolute Gasteiger partial charge is 0.370 e. The van der Waals surface area contributed by atoms with Crippen molar-refractivity contribution in [2.24, 2.45) is 11.5 Å². The number of nitrogens with one attached hydrogen (secondary N) is 1. The van der Waals surface area contributed by atoms with Gasteiger partial charge in [0.05, 0.1) is 0 Å². The molecule has 2 amide bonds. The predicted molar refractivity (Wildman–Crippen MR) is 49.7 cm³/mol. The second-order valence-electron chi connectivity index (χ2n) is 3.32. The predicted octanol–water partition coefficient (Wildman–Crippen LogP) is -0.896. The molecule has 0 fully saturated rings. The first-order chi connectivity index (χ1) is 5.91. The molecule has 0 aliphatic rings. The van der Waals surface area contributed by atoms with Gasteiger partial charge in [-0.2, -0.15) is 0 Å². The molecule has 0 bridgehead atoms. The molecule has 5 N–H and O–H groups in total. The number of hydrogen-bond donors (Lipinski definition) is 3. The Morgan fingerprint density at radius 1 is 1.31 bits per heavy atom. The van der Waals surface area contributed by atoms with Gasteiger partial charge >= 0.3 is 0 Å². The van der Waals surface area contributed by atoms with Crippen LogP contribution in [0, 0.1) is 0 Å². The van der Waals surface area contributed by atoms with Gasteiger partial charge in [-0.3, -0.25) is 9.59 Å². The van der Waals surface area contributed by atoms with Crippen molar-refractivity contribution in [3.63, 3.8) is 0 Å². The highest BCUT2D eigenvalue weighted by Gasteiger charge is 2.10. The van der Waals surface area contributed by atoms with Crippen LogP contribution in [0.25, 0.3) is 0 Å². The topological polar surface area (TPSA) is 98.2 Å². The number of amides is 2. The van der Waals surface area contributed by atoms with Gasteiger partial charge in [-0.25, -0.2) is 0 Å². The molecule has 0 saturated heterocycles. The van der Waals surface area contributed by atoms with Crippen LogP contribution in [0.1, 0.15) is 26.7 Å². The zero-order valence-electron chi connectivity index (χ0n) is 8.04. The van der Waals surface area contributed by atoms with Gasteiger partial charge in [0.25, 0.3) is 0 Å². The minimum absolute atomic E-state index is 0.149. The smallest absolute Gasteiger partial charge is 0.221 e. The van der Waals surface area contributed by atoms with Crippen molar-refractivity contribution in [3.8, 4) is 0 Å². The standard InChI is InChI=1S/C8H17N3O2/c1-5(9)3-8(13)11-6(2)4-7(10)12/h5-6H,3-4,9H2,1-2H3,(H2,10,12)(H,11,13). The molecule has 0 spiro atoms. The normalized spacial score (nSPS) is 14.7. The van der Waals surface area contributed by atoms with E-state index in [0.717, 1.165) is 0 Å². The highest BCUT2D eigenvalue weighted by molar-refractivity contribution is 5.79. The summed E-state index contributed by atoms with van der Waals surface area (Å²) in [5, 5.41) is 2.62. The SMILES string of the molecule is CC(N)CC(=O)NC(C)CC(N)=O. The number of nitrogens with two attached hydrogens (primary N) is 2. The molecule has 76 valence electrons. The summed E-state index contributed by atoms with van der Waals surface area (Å²) in [4.78, 5) is 21.6. The van der Waals surface area contributed by atoms with Crippen LogP contribution in [0.5, 0.6) is 0 Å². The summed E-state index contributed by atoms with van der Waals surface area (Å²) in [7, 11) is 0. The molecule has 5 heteroatoms. The molecule has 0 aromatic rings. The Balaban J connectivity index is 3.71. The first kappa shape index (κ1) is 11.9. The maximum absolute atomic E-state index is 11.1. The molecule has 0 aliphatic carbocycles. The first-order valence-corrected chi connectivity index (χ1v) is 4.25. The highest BCUT2D eigenvalue weighted by atomic mass is 16.2. The molecule has 0 radical (unpaired) electrons. The summed E-state index contributed by atoms with van der Waals surface area (Å²) in [6, 6.07) is -0.385. The molecule has 0 aliphatic heterocycles. The van der Waals surface area contributed by atoms with Crippen LogP contribution < -0.4 is 16.8 Å². The van der Waals surface area contributed by atoms with Gasteiger partial charge in [-0.05, 0) is 13.8 Å². The number of primary amides is 1. The zero-order valence-corrected chi connectivity index (χ0v) is 8.04. The first-order valence-electron chi connectivity index (χ1n) is 4.25. The van der Waals surface area contributed by atoms with Gasteiger partial charge in [0, 0.05) is 24.9 Å². The van der Waals surface area contributed by atoms with Crippen molar-refractivity contribution in [1.29, 1.82) is 0 Å². The van der Waals surface area contributed by atoms with Gasteiger partial charge in [0.15, 0.2) is 0 Å². The molecule has 0 aromatic carbocycles. The van der Waals surface area contributed by atoms with Crippen molar-refractivity contribution in [1.82, 2.24) is 5.32 Å². The Morgan fingerprint density at radius 2 is 1.85 bits per heavy atom. The lowest BCUT2D eigenvalue weighted by atomic mass is 10.2. The van der Waals surface area contributed by atoms with E-state index in [4.69, 9.17) is 11.5 Å². The lowest BCUT2D eigenvalue weighted by Crippen LogP contribution is -2.38. The average Bonchev–Trinajstić information content (AvgIpc) is 1.80. The van der Waals surface area contributed by atoms with Gasteiger partial charge in [0.2, 0.25) is 11.8 Å². The number of carbonyl (C=O) groups excluding carboxylic acids is 2. The quantitative estimate of drug-likeness (QED) is 0.520. The molecule has 2 atom stereocenters. The van der Waals surface area contributed by atoms with Gasteiger partial charge < -0.3 is 16.8 Å². The number of hydrogen-bond acceptors (Lipinski definition) is 3. The molecule has 0 heterocycles. The molecule has 0 aromatic heterocycles. The third-order valence-electron chi connectivity index (χ3n) is 1.42. The Hall–Kier alpha value is -1.10. The van der Waals surface area contributed by atoms with E-state index in [1.54, 1.807) is 13.8 Å². The van der Waals surface area contributed by atoms with Crippen molar-refractivity contribution >= 4 is 11.8 Å². The van der Waals surface area contributed by atoms with Crippen LogP contribution in [0.4, 0.5) is 0 Å².